The van der Waals surface area contributed by atoms with Gasteiger partial charge in [-0.1, -0.05) is 11.6 Å². The van der Waals surface area contributed by atoms with Gasteiger partial charge in [0.05, 0.1) is 17.8 Å². The number of rotatable bonds is 5. The summed E-state index contributed by atoms with van der Waals surface area (Å²) in [6.45, 7) is 1.38. The first kappa shape index (κ1) is 24.3. The number of imidazole rings is 1. The maximum Gasteiger partial charge on any atom is 0.247 e. The Morgan fingerprint density at radius 1 is 1.21 bits per heavy atom. The molecule has 2 aliphatic rings. The number of aromatic nitrogens is 7. The van der Waals surface area contributed by atoms with Gasteiger partial charge in [-0.25, -0.2) is 9.37 Å². The Kier molecular flexibility index (Phi) is 6.00. The minimum Gasteiger partial charge on any atom is -0.387 e. The van der Waals surface area contributed by atoms with E-state index in [1.54, 1.807) is 29.2 Å². The molecule has 194 valence electrons. The molecule has 5 heterocycles. The number of hydrogen-bond acceptors (Lipinski definition) is 7. The number of aliphatic hydroxyl groups is 1. The molecular formula is C25H21ClF2N8O2. The van der Waals surface area contributed by atoms with Gasteiger partial charge in [0.1, 0.15) is 23.5 Å². The predicted molar refractivity (Wildman–Crippen MR) is 132 cm³/mol. The van der Waals surface area contributed by atoms with Gasteiger partial charge in [0.15, 0.2) is 5.82 Å². The highest BCUT2D eigenvalue weighted by molar-refractivity contribution is 6.30. The van der Waals surface area contributed by atoms with E-state index in [4.69, 9.17) is 11.6 Å². The fourth-order valence-corrected chi connectivity index (χ4v) is 5.47. The fourth-order valence-electron chi connectivity index (χ4n) is 5.30. The van der Waals surface area contributed by atoms with Crippen LogP contribution in [0.5, 0.6) is 0 Å². The minimum atomic E-state index is -1.16. The van der Waals surface area contributed by atoms with E-state index in [0.717, 1.165) is 11.1 Å². The fraction of sp³-hybridized carbons (Fsp3) is 0.280. The normalized spacial score (nSPS) is 20.0. The maximum atomic E-state index is 14.9. The van der Waals surface area contributed by atoms with Crippen molar-refractivity contribution >= 4 is 23.1 Å². The second-order valence-electron chi connectivity index (χ2n) is 9.30. The SMILES string of the molecule is C[C@@H](O)c1nccc(-c2[nH]c([C@@H]3CC[C@@H]4CC(c5cc(Cl)ccc5-n5cnnn5)=CC(=O)N43)nc2F)c1F. The lowest BCUT2D eigenvalue weighted by atomic mass is 9.92. The number of nitrogens with one attached hydrogen (secondary N) is 1. The molecule has 0 radical (unpaired) electrons. The minimum absolute atomic E-state index is 0.0927. The van der Waals surface area contributed by atoms with E-state index >= 15 is 0 Å². The monoisotopic (exact) mass is 538 g/mol. The molecule has 0 aliphatic carbocycles. The van der Waals surface area contributed by atoms with Gasteiger partial charge in [-0.3, -0.25) is 9.78 Å². The summed E-state index contributed by atoms with van der Waals surface area (Å²) in [5.74, 6) is -1.73. The Bertz CT molecular complexity index is 1570. The zero-order valence-electron chi connectivity index (χ0n) is 20.0. The first-order chi connectivity index (χ1) is 18.3. The number of amides is 1. The van der Waals surface area contributed by atoms with Crippen molar-refractivity contribution in [1.29, 1.82) is 0 Å². The molecule has 6 rings (SSSR count). The Hall–Kier alpha value is -4.03. The lowest BCUT2D eigenvalue weighted by molar-refractivity contribution is -0.129. The number of benzene rings is 1. The summed E-state index contributed by atoms with van der Waals surface area (Å²) in [6, 6.07) is 5.95. The summed E-state index contributed by atoms with van der Waals surface area (Å²) in [5.41, 5.74) is 1.79. The van der Waals surface area contributed by atoms with E-state index in [9.17, 15) is 18.7 Å². The molecular weight excluding hydrogens is 518 g/mol. The second kappa shape index (κ2) is 9.37. The van der Waals surface area contributed by atoms with E-state index in [0.29, 0.717) is 30.0 Å². The number of aromatic amines is 1. The van der Waals surface area contributed by atoms with Gasteiger partial charge in [0.2, 0.25) is 11.9 Å². The van der Waals surface area contributed by atoms with Gasteiger partial charge in [-0.05, 0) is 66.5 Å². The lowest BCUT2D eigenvalue weighted by Crippen LogP contribution is -2.39. The molecule has 1 amide bonds. The molecule has 3 aromatic heterocycles. The Labute approximate surface area is 220 Å². The van der Waals surface area contributed by atoms with Gasteiger partial charge in [-0.2, -0.15) is 9.07 Å². The number of H-pyrrole nitrogens is 1. The van der Waals surface area contributed by atoms with E-state index in [2.05, 4.69) is 30.5 Å². The molecule has 3 atom stereocenters. The third-order valence-corrected chi connectivity index (χ3v) is 7.22. The van der Waals surface area contributed by atoms with Gasteiger partial charge < -0.3 is 15.0 Å². The molecule has 38 heavy (non-hydrogen) atoms. The van der Waals surface area contributed by atoms with E-state index in [1.807, 2.05) is 0 Å². The van der Waals surface area contributed by atoms with Crippen molar-refractivity contribution in [2.24, 2.45) is 0 Å². The number of carbonyl (C=O) groups excluding carboxylic acids is 1. The van der Waals surface area contributed by atoms with E-state index in [-0.39, 0.29) is 34.7 Å². The molecule has 0 saturated carbocycles. The molecule has 1 saturated heterocycles. The molecule has 2 aliphatic heterocycles. The molecule has 2 N–H and O–H groups in total. The van der Waals surface area contributed by atoms with Crippen LogP contribution in [0.3, 0.4) is 0 Å². The largest absolute Gasteiger partial charge is 0.387 e. The lowest BCUT2D eigenvalue weighted by Gasteiger charge is -2.33. The number of carbonyl (C=O) groups is 1. The summed E-state index contributed by atoms with van der Waals surface area (Å²) >= 11 is 6.28. The van der Waals surface area contributed by atoms with Crippen molar-refractivity contribution in [2.75, 3.05) is 0 Å². The van der Waals surface area contributed by atoms with Crippen LogP contribution < -0.4 is 0 Å². The number of fused-ring (bicyclic) bond motifs is 1. The van der Waals surface area contributed by atoms with Crippen LogP contribution >= 0.6 is 11.6 Å². The van der Waals surface area contributed by atoms with Crippen molar-refractivity contribution in [3.8, 4) is 16.9 Å². The molecule has 0 unspecified atom stereocenters. The summed E-state index contributed by atoms with van der Waals surface area (Å²) in [6.07, 6.45) is 4.92. The van der Waals surface area contributed by atoms with Gasteiger partial charge in [0, 0.05) is 34.5 Å². The van der Waals surface area contributed by atoms with Crippen molar-refractivity contribution in [1.82, 2.24) is 40.1 Å². The second-order valence-corrected chi connectivity index (χ2v) is 9.74. The Balaban J connectivity index is 1.33. The molecule has 0 spiro atoms. The molecule has 4 aromatic rings. The van der Waals surface area contributed by atoms with Crippen LogP contribution in [-0.4, -0.2) is 57.1 Å². The van der Waals surface area contributed by atoms with E-state index in [1.165, 1.54) is 30.2 Å². The van der Waals surface area contributed by atoms with Crippen LogP contribution in [0, 0.1) is 11.8 Å². The quantitative estimate of drug-likeness (QED) is 0.394. The third-order valence-electron chi connectivity index (χ3n) is 6.99. The summed E-state index contributed by atoms with van der Waals surface area (Å²) in [5, 5.41) is 21.6. The van der Waals surface area contributed by atoms with Crippen LogP contribution in [-0.2, 0) is 4.79 Å². The number of pyridine rings is 1. The highest BCUT2D eigenvalue weighted by Gasteiger charge is 2.42. The molecule has 1 aromatic carbocycles. The first-order valence-corrected chi connectivity index (χ1v) is 12.3. The summed E-state index contributed by atoms with van der Waals surface area (Å²) in [4.78, 5) is 25.8. The number of nitrogens with zero attached hydrogens (tertiary/aromatic N) is 7. The molecule has 0 bridgehead atoms. The highest BCUT2D eigenvalue weighted by atomic mass is 35.5. The smallest absolute Gasteiger partial charge is 0.247 e. The van der Waals surface area contributed by atoms with Crippen LogP contribution in [0.15, 0.2) is 42.9 Å². The number of halogens is 3. The number of hydrogen-bond donors (Lipinski definition) is 2. The zero-order valence-corrected chi connectivity index (χ0v) is 20.8. The van der Waals surface area contributed by atoms with Crippen LogP contribution in [0.4, 0.5) is 8.78 Å². The topological polar surface area (TPSA) is 126 Å². The average Bonchev–Trinajstić information content (AvgIpc) is 3.64. The summed E-state index contributed by atoms with van der Waals surface area (Å²) < 4.78 is 31.4. The standard InChI is InChI=1S/C25H21ClF2N8O2/c1-12(37)22-21(27)16(6-7-29-22)23-24(28)32-25(31-23)19-5-3-15-8-13(9-20(38)36(15)19)17-10-14(26)2-4-18(17)35-11-30-33-34-35/h2,4,6-7,9-12,15,19,37H,3,5,8H2,1H3,(H,31,32)/t12-,15-,19+/m1/s1. The Morgan fingerprint density at radius 2 is 2.05 bits per heavy atom. The van der Waals surface area contributed by atoms with Crippen LogP contribution in [0.1, 0.15) is 55.4 Å². The van der Waals surface area contributed by atoms with Crippen LogP contribution in [0.25, 0.3) is 22.5 Å². The van der Waals surface area contributed by atoms with Crippen molar-refractivity contribution in [3.05, 3.63) is 76.7 Å². The van der Waals surface area contributed by atoms with Gasteiger partial charge >= 0.3 is 0 Å². The average molecular weight is 539 g/mol. The van der Waals surface area contributed by atoms with Crippen LogP contribution in [0.2, 0.25) is 5.02 Å². The zero-order chi connectivity index (χ0) is 26.6. The highest BCUT2D eigenvalue weighted by Crippen LogP contribution is 2.43. The molecule has 13 heteroatoms. The molecule has 1 fully saturated rings. The van der Waals surface area contributed by atoms with Crippen molar-refractivity contribution < 1.29 is 18.7 Å². The van der Waals surface area contributed by atoms with E-state index < -0.39 is 23.9 Å². The molecule has 10 nitrogen and oxygen atoms in total. The Morgan fingerprint density at radius 3 is 2.82 bits per heavy atom. The first-order valence-electron chi connectivity index (χ1n) is 12.0. The maximum absolute atomic E-state index is 14.9. The van der Waals surface area contributed by atoms with Crippen molar-refractivity contribution in [3.63, 3.8) is 0 Å². The third kappa shape index (κ3) is 4.05. The van der Waals surface area contributed by atoms with Gasteiger partial charge in [0.25, 0.3) is 0 Å². The predicted octanol–water partition coefficient (Wildman–Crippen LogP) is 3.95. The van der Waals surface area contributed by atoms with Crippen molar-refractivity contribution in [2.45, 2.75) is 44.4 Å². The van der Waals surface area contributed by atoms with Gasteiger partial charge in [-0.15, -0.1) is 5.10 Å². The summed E-state index contributed by atoms with van der Waals surface area (Å²) in [7, 11) is 0. The number of tetrazole rings is 1. The number of aliphatic hydroxyl groups excluding tert-OH is 1.